The van der Waals surface area contributed by atoms with Gasteiger partial charge in [0.2, 0.25) is 0 Å². The van der Waals surface area contributed by atoms with Crippen LogP contribution < -0.4 is 0 Å². The third-order valence-electron chi connectivity index (χ3n) is 4.59. The molecule has 0 aliphatic heterocycles. The van der Waals surface area contributed by atoms with Crippen LogP contribution in [0.3, 0.4) is 0 Å². The van der Waals surface area contributed by atoms with Gasteiger partial charge in [0.1, 0.15) is 0 Å². The molecule has 0 saturated carbocycles. The Bertz CT molecular complexity index is 606. The molecule has 122 valence electrons. The van der Waals surface area contributed by atoms with Crippen LogP contribution in [0.15, 0.2) is 65.8 Å². The van der Waals surface area contributed by atoms with E-state index in [-0.39, 0.29) is 0 Å². The second-order valence-electron chi connectivity index (χ2n) is 6.86. The average molecular weight is 306 g/mol. The molecule has 0 aromatic heterocycles. The largest absolute Gasteiger partial charge is 0.0799 e. The zero-order valence-electron chi connectivity index (χ0n) is 15.0. The van der Waals surface area contributed by atoms with Crippen LogP contribution in [0.4, 0.5) is 0 Å². The van der Waals surface area contributed by atoms with Crippen molar-refractivity contribution in [2.45, 2.75) is 52.9 Å². The highest BCUT2D eigenvalue weighted by atomic mass is 14.1. The molecule has 1 aromatic rings. The van der Waals surface area contributed by atoms with Gasteiger partial charge in [-0.1, -0.05) is 100 Å². The monoisotopic (exact) mass is 306 g/mol. The summed E-state index contributed by atoms with van der Waals surface area (Å²) in [7, 11) is 0. The van der Waals surface area contributed by atoms with Crippen LogP contribution in [-0.2, 0) is 0 Å². The van der Waals surface area contributed by atoms with Crippen LogP contribution in [0.2, 0.25) is 0 Å². The van der Waals surface area contributed by atoms with Crippen LogP contribution in [0.5, 0.6) is 0 Å². The average Bonchev–Trinajstić information content (AvgIpc) is 2.79. The molecule has 0 spiro atoms. The second kappa shape index (κ2) is 8.72. The van der Waals surface area contributed by atoms with Gasteiger partial charge in [-0.15, -0.1) is 0 Å². The van der Waals surface area contributed by atoms with E-state index in [1.807, 2.05) is 0 Å². The first-order valence-corrected chi connectivity index (χ1v) is 8.95. The molecule has 1 aliphatic carbocycles. The number of rotatable bonds is 6. The highest BCUT2D eigenvalue weighted by Crippen LogP contribution is 2.22. The maximum atomic E-state index is 2.31. The van der Waals surface area contributed by atoms with E-state index in [0.717, 1.165) is 6.42 Å². The van der Waals surface area contributed by atoms with Crippen molar-refractivity contribution in [2.24, 2.45) is 5.92 Å². The maximum absolute atomic E-state index is 2.31. The van der Waals surface area contributed by atoms with E-state index in [9.17, 15) is 0 Å². The zero-order chi connectivity index (χ0) is 16.7. The van der Waals surface area contributed by atoms with Crippen molar-refractivity contribution in [1.82, 2.24) is 0 Å². The molecule has 0 saturated heterocycles. The Morgan fingerprint density at radius 1 is 1.00 bits per heavy atom. The molecule has 1 unspecified atom stereocenters. The third-order valence-corrected chi connectivity index (χ3v) is 4.59. The third kappa shape index (κ3) is 5.39. The molecular formula is C23H30. The lowest BCUT2D eigenvalue weighted by Gasteiger charge is -2.10. The first-order valence-electron chi connectivity index (χ1n) is 8.95. The van der Waals surface area contributed by atoms with E-state index < -0.39 is 0 Å². The Hall–Kier alpha value is -1.82. The SMILES string of the molecule is CCCC(C)c1ccc(C=CC2=CC=C(C(C)C)CC=C2)cc1. The predicted molar refractivity (Wildman–Crippen MR) is 104 cm³/mol. The minimum Gasteiger partial charge on any atom is -0.0799 e. The van der Waals surface area contributed by atoms with Crippen molar-refractivity contribution in [3.63, 3.8) is 0 Å². The van der Waals surface area contributed by atoms with Crippen LogP contribution in [-0.4, -0.2) is 0 Å². The van der Waals surface area contributed by atoms with Gasteiger partial charge >= 0.3 is 0 Å². The van der Waals surface area contributed by atoms with Crippen molar-refractivity contribution in [3.8, 4) is 0 Å². The lowest BCUT2D eigenvalue weighted by Crippen LogP contribution is -1.92. The van der Waals surface area contributed by atoms with Crippen LogP contribution in [0, 0.1) is 5.92 Å². The first-order chi connectivity index (χ1) is 11.1. The van der Waals surface area contributed by atoms with Gasteiger partial charge in [0, 0.05) is 0 Å². The number of hydrogen-bond donors (Lipinski definition) is 0. The van der Waals surface area contributed by atoms with Crippen molar-refractivity contribution in [2.75, 3.05) is 0 Å². The van der Waals surface area contributed by atoms with Crippen LogP contribution in [0.25, 0.3) is 6.08 Å². The van der Waals surface area contributed by atoms with Gasteiger partial charge in [0.25, 0.3) is 0 Å². The fourth-order valence-corrected chi connectivity index (χ4v) is 2.92. The Labute approximate surface area is 142 Å². The topological polar surface area (TPSA) is 0 Å². The summed E-state index contributed by atoms with van der Waals surface area (Å²) in [4.78, 5) is 0. The Balaban J connectivity index is 2.05. The molecule has 0 nitrogen and oxygen atoms in total. The molecule has 23 heavy (non-hydrogen) atoms. The summed E-state index contributed by atoms with van der Waals surface area (Å²) in [5.74, 6) is 1.28. The van der Waals surface area contributed by atoms with Crippen LogP contribution >= 0.6 is 0 Å². The summed E-state index contributed by atoms with van der Waals surface area (Å²) >= 11 is 0. The molecule has 2 rings (SSSR count). The van der Waals surface area contributed by atoms with Gasteiger partial charge in [-0.25, -0.2) is 0 Å². The molecule has 0 heteroatoms. The highest BCUT2D eigenvalue weighted by molar-refractivity contribution is 5.56. The molecule has 1 aromatic carbocycles. The molecule has 0 bridgehead atoms. The Morgan fingerprint density at radius 3 is 2.39 bits per heavy atom. The van der Waals surface area contributed by atoms with Gasteiger partial charge in [0.15, 0.2) is 0 Å². The van der Waals surface area contributed by atoms with E-state index in [1.165, 1.54) is 35.1 Å². The smallest absolute Gasteiger partial charge is 0.0130 e. The fraction of sp³-hybridized carbons (Fsp3) is 0.391. The standard InChI is InChI=1S/C23H30/c1-5-7-19(4)23-16-13-21(14-17-23)11-10-20-8-6-9-22(15-12-20)18(2)3/h6,8,10-19H,5,7,9H2,1-4H3. The van der Waals surface area contributed by atoms with E-state index in [1.54, 1.807) is 0 Å². The number of hydrogen-bond acceptors (Lipinski definition) is 0. The van der Waals surface area contributed by atoms with Crippen molar-refractivity contribution in [1.29, 1.82) is 0 Å². The maximum Gasteiger partial charge on any atom is -0.0130 e. The number of allylic oxidation sites excluding steroid dienone is 7. The summed E-state index contributed by atoms with van der Waals surface area (Å²) in [6, 6.07) is 9.00. The second-order valence-corrected chi connectivity index (χ2v) is 6.86. The van der Waals surface area contributed by atoms with Crippen molar-refractivity contribution in [3.05, 3.63) is 76.9 Å². The molecule has 1 atom stereocenters. The van der Waals surface area contributed by atoms with E-state index >= 15 is 0 Å². The van der Waals surface area contributed by atoms with Gasteiger partial charge < -0.3 is 0 Å². The molecule has 0 N–H and O–H groups in total. The zero-order valence-corrected chi connectivity index (χ0v) is 15.0. The summed E-state index contributed by atoms with van der Waals surface area (Å²) in [6.45, 7) is 9.08. The lowest BCUT2D eigenvalue weighted by atomic mass is 9.95. The molecule has 0 amide bonds. The van der Waals surface area contributed by atoms with Crippen molar-refractivity contribution >= 4 is 6.08 Å². The Kier molecular flexibility index (Phi) is 6.65. The quantitative estimate of drug-likeness (QED) is 0.527. The molecule has 0 heterocycles. The summed E-state index contributed by atoms with van der Waals surface area (Å²) in [5.41, 5.74) is 5.48. The van der Waals surface area contributed by atoms with Gasteiger partial charge in [-0.2, -0.15) is 0 Å². The minimum atomic E-state index is 0.622. The summed E-state index contributed by atoms with van der Waals surface area (Å²) in [5, 5.41) is 0. The van der Waals surface area contributed by atoms with Crippen LogP contribution in [0.1, 0.15) is 64.0 Å². The lowest BCUT2D eigenvalue weighted by molar-refractivity contribution is 0.665. The molecular weight excluding hydrogens is 276 g/mol. The molecule has 1 aliphatic rings. The normalized spacial score (nSPS) is 16.4. The molecule has 0 radical (unpaired) electrons. The summed E-state index contributed by atoms with van der Waals surface area (Å²) < 4.78 is 0. The fourth-order valence-electron chi connectivity index (χ4n) is 2.92. The van der Waals surface area contributed by atoms with Gasteiger partial charge in [-0.3, -0.25) is 0 Å². The number of benzene rings is 1. The van der Waals surface area contributed by atoms with Gasteiger partial charge in [0.05, 0.1) is 0 Å². The predicted octanol–water partition coefficient (Wildman–Crippen LogP) is 7.07. The summed E-state index contributed by atoms with van der Waals surface area (Å²) in [6.07, 6.45) is 17.0. The Morgan fingerprint density at radius 2 is 1.74 bits per heavy atom. The van der Waals surface area contributed by atoms with Crippen molar-refractivity contribution < 1.29 is 0 Å². The minimum absolute atomic E-state index is 0.622. The van der Waals surface area contributed by atoms with E-state index in [2.05, 4.69) is 88.4 Å². The molecule has 0 fully saturated rings. The van der Waals surface area contributed by atoms with Gasteiger partial charge in [-0.05, 0) is 41.4 Å². The van der Waals surface area contributed by atoms with E-state index in [4.69, 9.17) is 0 Å². The van der Waals surface area contributed by atoms with E-state index in [0.29, 0.717) is 11.8 Å². The first kappa shape index (κ1) is 17.5. The highest BCUT2D eigenvalue weighted by Gasteiger charge is 2.04.